The average molecular weight is 1040 g/mol. The van der Waals surface area contributed by atoms with E-state index in [2.05, 4.69) is 90.4 Å². The van der Waals surface area contributed by atoms with Crippen molar-refractivity contribution in [2.45, 2.75) is 33.1 Å². The molecular formula is C33H26I4O7. The molecule has 1 N–H and O–H groups in total. The number of hydrogen-bond acceptors (Lipinski definition) is 7. The Kier molecular flexibility index (Phi) is 11.9. The highest BCUT2D eigenvalue weighted by Crippen LogP contribution is 2.38. The number of benzene rings is 4. The fraction of sp³-hybridized carbons (Fsp3) is 0.182. The van der Waals surface area contributed by atoms with E-state index in [1.165, 1.54) is 14.0 Å². The Morgan fingerprint density at radius 2 is 1.39 bits per heavy atom. The standard InChI is InChI=1S/C33H26I4O7/c1-16-8-22(9-17(2)31(16)43-18(3)38)29(39)20-7-5-6-19(10-20)11-24(33(41)42-4)21-12-27(36)32(28(37)13-21)44-23-14-25(34)30(40)26(35)15-23/h5-10,12-15,24,40H,11H2,1-4H3. The van der Waals surface area contributed by atoms with E-state index in [0.717, 1.165) is 18.3 Å². The lowest BCUT2D eigenvalue weighted by Gasteiger charge is -2.19. The van der Waals surface area contributed by atoms with E-state index in [-0.39, 0.29) is 11.5 Å². The summed E-state index contributed by atoms with van der Waals surface area (Å²) < 4.78 is 19.7. The Labute approximate surface area is 310 Å². The average Bonchev–Trinajstić information content (AvgIpc) is 2.97. The first-order valence-electron chi connectivity index (χ1n) is 13.1. The van der Waals surface area contributed by atoms with Crippen molar-refractivity contribution in [3.05, 3.63) is 108 Å². The molecule has 0 aliphatic rings. The molecule has 0 aliphatic carbocycles. The highest BCUT2D eigenvalue weighted by Gasteiger charge is 2.25. The highest BCUT2D eigenvalue weighted by molar-refractivity contribution is 14.1. The summed E-state index contributed by atoms with van der Waals surface area (Å²) in [6.07, 6.45) is 0.317. The van der Waals surface area contributed by atoms with Crippen LogP contribution in [0.1, 0.15) is 51.0 Å². The largest absolute Gasteiger partial charge is 0.506 e. The van der Waals surface area contributed by atoms with Crippen molar-refractivity contribution in [1.82, 2.24) is 0 Å². The van der Waals surface area contributed by atoms with Crippen molar-refractivity contribution < 1.29 is 33.7 Å². The minimum absolute atomic E-state index is 0.175. The van der Waals surface area contributed by atoms with Gasteiger partial charge in [0.1, 0.15) is 17.2 Å². The maximum absolute atomic E-state index is 13.5. The third-order valence-electron chi connectivity index (χ3n) is 6.72. The SMILES string of the molecule is COC(=O)C(Cc1cccc(C(=O)c2cc(C)c(OC(C)=O)c(C)c2)c1)c1cc(I)c(Oc2cc(I)c(O)c(I)c2)c(I)c1. The fourth-order valence-corrected chi connectivity index (χ4v) is 8.45. The summed E-state index contributed by atoms with van der Waals surface area (Å²) in [6, 6.07) is 18.0. The second kappa shape index (κ2) is 15.1. The van der Waals surface area contributed by atoms with Crippen molar-refractivity contribution in [1.29, 1.82) is 0 Å². The van der Waals surface area contributed by atoms with Gasteiger partial charge in [-0.25, -0.2) is 0 Å². The number of phenols is 1. The molecule has 0 saturated heterocycles. The Morgan fingerprint density at radius 3 is 1.93 bits per heavy atom. The van der Waals surface area contributed by atoms with Gasteiger partial charge in [-0.3, -0.25) is 14.4 Å². The van der Waals surface area contributed by atoms with Gasteiger partial charge in [0.2, 0.25) is 0 Å². The molecule has 11 heteroatoms. The van der Waals surface area contributed by atoms with Crippen LogP contribution in [0.5, 0.6) is 23.0 Å². The Hall–Kier alpha value is -1.99. The Morgan fingerprint density at radius 1 is 0.795 bits per heavy atom. The van der Waals surface area contributed by atoms with Gasteiger partial charge in [-0.1, -0.05) is 18.2 Å². The highest BCUT2D eigenvalue weighted by atomic mass is 127. The normalized spacial score (nSPS) is 11.5. The lowest BCUT2D eigenvalue weighted by molar-refractivity contribution is -0.142. The topological polar surface area (TPSA) is 99.1 Å². The van der Waals surface area contributed by atoms with Crippen LogP contribution in [-0.4, -0.2) is 29.9 Å². The third kappa shape index (κ3) is 8.23. The van der Waals surface area contributed by atoms with E-state index in [9.17, 15) is 19.5 Å². The number of carbonyl (C=O) groups excluding carboxylic acids is 3. The van der Waals surface area contributed by atoms with Crippen LogP contribution in [0.4, 0.5) is 0 Å². The van der Waals surface area contributed by atoms with Gasteiger partial charge < -0.3 is 19.3 Å². The molecule has 0 fully saturated rings. The predicted octanol–water partition coefficient (Wildman–Crippen LogP) is 8.88. The quantitative estimate of drug-likeness (QED) is 0.0775. The van der Waals surface area contributed by atoms with Crippen LogP contribution in [0.3, 0.4) is 0 Å². The van der Waals surface area contributed by atoms with E-state index >= 15 is 0 Å². The smallest absolute Gasteiger partial charge is 0.313 e. The number of carbonyl (C=O) groups is 3. The third-order valence-corrected chi connectivity index (χ3v) is 9.96. The van der Waals surface area contributed by atoms with Gasteiger partial charge in [0, 0.05) is 18.1 Å². The number of aryl methyl sites for hydroxylation is 2. The molecule has 0 amide bonds. The molecule has 4 aromatic carbocycles. The maximum atomic E-state index is 13.5. The number of aromatic hydroxyl groups is 1. The summed E-state index contributed by atoms with van der Waals surface area (Å²) in [5.74, 6) is 0.306. The zero-order valence-corrected chi connectivity index (χ0v) is 32.6. The van der Waals surface area contributed by atoms with E-state index in [0.29, 0.717) is 53.1 Å². The minimum Gasteiger partial charge on any atom is -0.506 e. The molecule has 4 rings (SSSR count). The Balaban J connectivity index is 1.62. The molecule has 1 unspecified atom stereocenters. The van der Waals surface area contributed by atoms with Gasteiger partial charge in [0.05, 0.1) is 27.3 Å². The van der Waals surface area contributed by atoms with E-state index in [1.54, 1.807) is 56.3 Å². The van der Waals surface area contributed by atoms with Crippen molar-refractivity contribution in [2.24, 2.45) is 0 Å². The molecule has 1 atom stereocenters. The molecule has 0 aliphatic heterocycles. The zero-order valence-electron chi connectivity index (χ0n) is 24.0. The van der Waals surface area contributed by atoms with Crippen molar-refractivity contribution in [3.63, 3.8) is 0 Å². The molecule has 0 aromatic heterocycles. The van der Waals surface area contributed by atoms with E-state index in [4.69, 9.17) is 14.2 Å². The predicted molar refractivity (Wildman–Crippen MR) is 201 cm³/mol. The van der Waals surface area contributed by atoms with Gasteiger partial charge in [-0.2, -0.15) is 0 Å². The zero-order chi connectivity index (χ0) is 32.3. The first-order valence-corrected chi connectivity index (χ1v) is 17.5. The lowest BCUT2D eigenvalue weighted by Crippen LogP contribution is -2.17. The molecule has 0 bridgehead atoms. The number of halogens is 4. The number of phenolic OH excluding ortho intramolecular Hbond substituents is 1. The van der Waals surface area contributed by atoms with Crippen LogP contribution < -0.4 is 9.47 Å². The molecule has 4 aromatic rings. The molecule has 7 nitrogen and oxygen atoms in total. The lowest BCUT2D eigenvalue weighted by atomic mass is 9.90. The van der Waals surface area contributed by atoms with Gasteiger partial charge >= 0.3 is 11.9 Å². The number of rotatable bonds is 9. The monoisotopic (exact) mass is 1040 g/mol. The van der Waals surface area contributed by atoms with Crippen LogP contribution in [-0.2, 0) is 20.7 Å². The number of esters is 2. The van der Waals surface area contributed by atoms with Gasteiger partial charge in [-0.15, -0.1) is 0 Å². The number of ketones is 1. The molecule has 0 saturated carbocycles. The summed E-state index contributed by atoms with van der Waals surface area (Å²) in [5.41, 5.74) is 3.91. The van der Waals surface area contributed by atoms with Crippen LogP contribution in [0.2, 0.25) is 0 Å². The van der Waals surface area contributed by atoms with Crippen molar-refractivity contribution in [2.75, 3.05) is 7.11 Å². The van der Waals surface area contributed by atoms with Crippen LogP contribution in [0, 0.1) is 28.1 Å². The molecule has 0 radical (unpaired) electrons. The first kappa shape index (κ1) is 34.9. The molecule has 228 valence electrons. The summed E-state index contributed by atoms with van der Waals surface area (Å²) in [5, 5.41) is 10.1. The summed E-state index contributed by atoms with van der Waals surface area (Å²) in [4.78, 5) is 38.0. The number of methoxy groups -OCH3 is 1. The van der Waals surface area contributed by atoms with Gasteiger partial charge in [0.15, 0.2) is 11.5 Å². The minimum atomic E-state index is -0.621. The maximum Gasteiger partial charge on any atom is 0.313 e. The summed E-state index contributed by atoms with van der Waals surface area (Å²) >= 11 is 8.50. The van der Waals surface area contributed by atoms with Crippen LogP contribution in [0.25, 0.3) is 0 Å². The Bertz CT molecular complexity index is 1720. The van der Waals surface area contributed by atoms with Crippen molar-refractivity contribution in [3.8, 4) is 23.0 Å². The second-order valence-corrected chi connectivity index (χ2v) is 14.6. The number of ether oxygens (including phenoxy) is 3. The van der Waals surface area contributed by atoms with E-state index in [1.807, 2.05) is 18.2 Å². The van der Waals surface area contributed by atoms with Gasteiger partial charge in [0.25, 0.3) is 0 Å². The summed E-state index contributed by atoms with van der Waals surface area (Å²) in [6.45, 7) is 4.93. The molecule has 0 spiro atoms. The molecular weight excluding hydrogens is 1020 g/mol. The molecule has 0 heterocycles. The first-order chi connectivity index (χ1) is 20.8. The van der Waals surface area contributed by atoms with Crippen LogP contribution >= 0.6 is 90.4 Å². The van der Waals surface area contributed by atoms with Gasteiger partial charge in [-0.05, 0) is 175 Å². The second-order valence-electron chi connectivity index (χ2n) is 9.99. The van der Waals surface area contributed by atoms with E-state index < -0.39 is 17.9 Å². The fourth-order valence-electron chi connectivity index (χ4n) is 4.70. The molecule has 44 heavy (non-hydrogen) atoms. The number of hydrogen-bond donors (Lipinski definition) is 1. The van der Waals surface area contributed by atoms with Crippen LogP contribution in [0.15, 0.2) is 60.7 Å². The summed E-state index contributed by atoms with van der Waals surface area (Å²) in [7, 11) is 1.36. The van der Waals surface area contributed by atoms with Crippen molar-refractivity contribution >= 4 is 108 Å².